The quantitative estimate of drug-likeness (QED) is 0.450. The van der Waals surface area contributed by atoms with E-state index < -0.39 is 22.9 Å². The van der Waals surface area contributed by atoms with Crippen LogP contribution in [0.25, 0.3) is 0 Å². The molecule has 16 heavy (non-hydrogen) atoms. The van der Waals surface area contributed by atoms with Crippen LogP contribution in [0.5, 0.6) is 0 Å². The summed E-state index contributed by atoms with van der Waals surface area (Å²) in [6.45, 7) is -1.78. The number of alkyl halides is 3. The van der Waals surface area contributed by atoms with Crippen LogP contribution in [0.3, 0.4) is 0 Å². The van der Waals surface area contributed by atoms with E-state index in [-0.39, 0.29) is 18.8 Å². The van der Waals surface area contributed by atoms with Gasteiger partial charge in [0.2, 0.25) is 0 Å². The van der Waals surface area contributed by atoms with E-state index in [9.17, 15) is 21.6 Å². The molecule has 0 fully saturated rings. The molecule has 4 N–H and O–H groups in total. The summed E-state index contributed by atoms with van der Waals surface area (Å²) in [6.07, 6.45) is -4.64. The zero-order chi connectivity index (χ0) is 13.0. The first-order valence-electron chi connectivity index (χ1n) is 4.15. The van der Waals surface area contributed by atoms with Gasteiger partial charge in [0.15, 0.2) is 0 Å². The average Bonchev–Trinajstić information content (AvgIpc) is 2.10. The van der Waals surface area contributed by atoms with Gasteiger partial charge in [-0.05, 0) is 0 Å². The van der Waals surface area contributed by atoms with Crippen molar-refractivity contribution < 1.29 is 21.6 Å². The summed E-state index contributed by atoms with van der Waals surface area (Å²) in [5.41, 5.74) is 4.99. The normalized spacial score (nSPS) is 13.1. The second-order valence-electron chi connectivity index (χ2n) is 3.04. The van der Waals surface area contributed by atoms with Gasteiger partial charge in [-0.25, -0.2) is 0 Å². The summed E-state index contributed by atoms with van der Waals surface area (Å²) in [5.74, 6) is -0.238. The molecule has 6 nitrogen and oxygen atoms in total. The fourth-order valence-electron chi connectivity index (χ4n) is 0.681. The van der Waals surface area contributed by atoms with Gasteiger partial charge in [0.05, 0.1) is 5.84 Å². The third kappa shape index (κ3) is 6.58. The van der Waals surface area contributed by atoms with Crippen LogP contribution < -0.4 is 10.5 Å². The fraction of sp³-hybridized carbons (Fsp3) is 0.833. The van der Waals surface area contributed by atoms with E-state index in [1.54, 1.807) is 0 Å². The van der Waals surface area contributed by atoms with Gasteiger partial charge in [-0.2, -0.15) is 30.6 Å². The van der Waals surface area contributed by atoms with E-state index in [1.807, 2.05) is 0 Å². The van der Waals surface area contributed by atoms with Crippen molar-refractivity contribution in [1.29, 1.82) is 5.41 Å². The molecule has 10 heteroatoms. The maximum Gasteiger partial charge on any atom is 0.402 e. The molecule has 0 spiro atoms. The Morgan fingerprint density at radius 3 is 2.38 bits per heavy atom. The van der Waals surface area contributed by atoms with Crippen LogP contribution in [0.15, 0.2) is 0 Å². The molecule has 0 bridgehead atoms. The highest BCUT2D eigenvalue weighted by Gasteiger charge is 2.30. The number of halogens is 3. The molecule has 0 aliphatic heterocycles. The van der Waals surface area contributed by atoms with Gasteiger partial charge in [-0.15, -0.1) is 0 Å². The van der Waals surface area contributed by atoms with E-state index in [0.29, 0.717) is 4.31 Å². The number of nitrogens with two attached hydrogens (primary N) is 1. The molecule has 0 aliphatic carbocycles. The maximum atomic E-state index is 11.8. The molecule has 0 unspecified atom stereocenters. The maximum absolute atomic E-state index is 11.8. The number of rotatable bonds is 6. The Bertz CT molecular complexity index is 340. The number of nitrogens with one attached hydrogen (secondary N) is 2. The minimum Gasteiger partial charge on any atom is -0.388 e. The Morgan fingerprint density at radius 1 is 1.50 bits per heavy atom. The molecule has 0 aromatic heterocycles. The van der Waals surface area contributed by atoms with Crippen LogP contribution in [-0.2, 0) is 10.2 Å². The molecule has 96 valence electrons. The van der Waals surface area contributed by atoms with Gasteiger partial charge in [-0.3, -0.25) is 5.41 Å². The average molecular weight is 262 g/mol. The lowest BCUT2D eigenvalue weighted by Crippen LogP contribution is -2.43. The van der Waals surface area contributed by atoms with Crippen LogP contribution in [0.2, 0.25) is 0 Å². The van der Waals surface area contributed by atoms with Crippen LogP contribution in [0.1, 0.15) is 6.42 Å². The van der Waals surface area contributed by atoms with Crippen molar-refractivity contribution >= 4 is 16.0 Å². The predicted molar refractivity (Wildman–Crippen MR) is 52.1 cm³/mol. The second-order valence-corrected chi connectivity index (χ2v) is 4.90. The predicted octanol–water partition coefficient (Wildman–Crippen LogP) is -0.359. The van der Waals surface area contributed by atoms with Crippen LogP contribution >= 0.6 is 0 Å². The molecule has 0 rings (SSSR count). The first-order chi connectivity index (χ1) is 7.04. The van der Waals surface area contributed by atoms with Crippen molar-refractivity contribution in [3.05, 3.63) is 0 Å². The summed E-state index contributed by atoms with van der Waals surface area (Å²) < 4.78 is 59.7. The SMILES string of the molecule is CN(CCC(=N)N)S(=O)(=O)NCC(F)(F)F. The lowest BCUT2D eigenvalue weighted by molar-refractivity contribution is -0.121. The highest BCUT2D eigenvalue weighted by atomic mass is 32.2. The summed E-state index contributed by atoms with van der Waals surface area (Å²) >= 11 is 0. The Kier molecular flexibility index (Phi) is 5.16. The molecular formula is C6H13F3N4O2S. The molecule has 0 radical (unpaired) electrons. The fourth-order valence-corrected chi connectivity index (χ4v) is 1.58. The van der Waals surface area contributed by atoms with Gasteiger partial charge in [0.25, 0.3) is 10.2 Å². The van der Waals surface area contributed by atoms with Gasteiger partial charge >= 0.3 is 6.18 Å². The zero-order valence-electron chi connectivity index (χ0n) is 8.50. The first-order valence-corrected chi connectivity index (χ1v) is 5.59. The molecule has 0 aromatic carbocycles. The van der Waals surface area contributed by atoms with Crippen LogP contribution in [0, 0.1) is 5.41 Å². The third-order valence-corrected chi connectivity index (χ3v) is 3.07. The molecule has 0 aliphatic rings. The molecule has 0 aromatic rings. The van der Waals surface area contributed by atoms with Gasteiger partial charge in [0.1, 0.15) is 6.54 Å². The van der Waals surface area contributed by atoms with Crippen molar-refractivity contribution in [3.8, 4) is 0 Å². The highest BCUT2D eigenvalue weighted by molar-refractivity contribution is 7.87. The number of hydrogen-bond acceptors (Lipinski definition) is 3. The van der Waals surface area contributed by atoms with Crippen LogP contribution in [-0.4, -0.2) is 44.9 Å². The standard InChI is InChI=1S/C6H13F3N4O2S/c1-13(3-2-5(10)11)16(14,15)12-4-6(7,8)9/h12H,2-4H2,1H3,(H3,10,11). The number of amidine groups is 1. The van der Waals surface area contributed by atoms with Crippen molar-refractivity contribution in [2.24, 2.45) is 5.73 Å². The summed E-state index contributed by atoms with van der Waals surface area (Å²) in [4.78, 5) is 0. The van der Waals surface area contributed by atoms with E-state index in [2.05, 4.69) is 0 Å². The molecule has 0 amide bonds. The lowest BCUT2D eigenvalue weighted by Gasteiger charge is -2.17. The topological polar surface area (TPSA) is 99.3 Å². The van der Waals surface area contributed by atoms with Gasteiger partial charge in [-0.1, -0.05) is 0 Å². The van der Waals surface area contributed by atoms with E-state index in [1.165, 1.54) is 4.72 Å². The number of hydrogen-bond donors (Lipinski definition) is 3. The minimum atomic E-state index is -4.60. The Labute approximate surface area is 91.3 Å². The smallest absolute Gasteiger partial charge is 0.388 e. The Balaban J connectivity index is 4.27. The molecule has 0 saturated carbocycles. The summed E-state index contributed by atoms with van der Waals surface area (Å²) in [7, 11) is -3.08. The highest BCUT2D eigenvalue weighted by Crippen LogP contribution is 2.13. The minimum absolute atomic E-state index is 0.0383. The molecule has 0 heterocycles. The monoisotopic (exact) mass is 262 g/mol. The van der Waals surface area contributed by atoms with Gasteiger partial charge < -0.3 is 5.73 Å². The van der Waals surface area contributed by atoms with E-state index in [4.69, 9.17) is 11.1 Å². The van der Waals surface area contributed by atoms with Crippen molar-refractivity contribution in [3.63, 3.8) is 0 Å². The Morgan fingerprint density at radius 2 is 2.00 bits per heavy atom. The van der Waals surface area contributed by atoms with E-state index in [0.717, 1.165) is 7.05 Å². The molecular weight excluding hydrogens is 249 g/mol. The van der Waals surface area contributed by atoms with Crippen LogP contribution in [0.4, 0.5) is 13.2 Å². The Hall–Kier alpha value is -0.870. The summed E-state index contributed by atoms with van der Waals surface area (Å²) in [6, 6.07) is 0. The number of nitrogens with zero attached hydrogens (tertiary/aromatic N) is 1. The van der Waals surface area contributed by atoms with Crippen molar-refractivity contribution in [2.45, 2.75) is 12.6 Å². The molecule has 0 atom stereocenters. The zero-order valence-corrected chi connectivity index (χ0v) is 9.32. The summed E-state index contributed by atoms with van der Waals surface area (Å²) in [5, 5.41) is 6.85. The molecule has 0 saturated heterocycles. The lowest BCUT2D eigenvalue weighted by atomic mass is 10.4. The first kappa shape index (κ1) is 15.1. The second kappa shape index (κ2) is 5.46. The van der Waals surface area contributed by atoms with Gasteiger partial charge in [0, 0.05) is 20.0 Å². The van der Waals surface area contributed by atoms with Crippen molar-refractivity contribution in [1.82, 2.24) is 9.03 Å². The van der Waals surface area contributed by atoms with Crippen molar-refractivity contribution in [2.75, 3.05) is 20.1 Å². The largest absolute Gasteiger partial charge is 0.402 e. The third-order valence-electron chi connectivity index (χ3n) is 1.56. The van der Waals surface area contributed by atoms with E-state index >= 15 is 0 Å².